The van der Waals surface area contributed by atoms with E-state index in [9.17, 15) is 9.59 Å². The maximum Gasteiger partial charge on any atom is 0.407 e. The summed E-state index contributed by atoms with van der Waals surface area (Å²) in [5.74, 6) is 0.569. The maximum absolute atomic E-state index is 11.5. The molecule has 1 atom stereocenters. The molecule has 0 saturated heterocycles. The number of nitrogens with one attached hydrogen (secondary N) is 2. The molecule has 1 aromatic carbocycles. The Morgan fingerprint density at radius 1 is 1.23 bits per heavy atom. The van der Waals surface area contributed by atoms with Gasteiger partial charge in [0, 0.05) is 25.9 Å². The molecule has 0 aliphatic carbocycles. The topological polar surface area (TPSA) is 76.7 Å². The standard InChI is InChI=1S/C16H22N2O4/c1-4-9-22-16(20)18-11-14(10-17-12(2)19)13-5-7-15(21-3)8-6-13/h4-8,14H,1,9-11H2,2-3H3,(H,17,19)(H,18,20). The lowest BCUT2D eigenvalue weighted by molar-refractivity contribution is -0.119. The third-order valence-electron chi connectivity index (χ3n) is 3.01. The molecule has 1 aromatic rings. The highest BCUT2D eigenvalue weighted by Crippen LogP contribution is 2.18. The van der Waals surface area contributed by atoms with Crippen molar-refractivity contribution in [2.45, 2.75) is 12.8 Å². The quantitative estimate of drug-likeness (QED) is 0.718. The fourth-order valence-electron chi connectivity index (χ4n) is 1.84. The molecular formula is C16H22N2O4. The van der Waals surface area contributed by atoms with E-state index in [0.717, 1.165) is 11.3 Å². The summed E-state index contributed by atoms with van der Waals surface area (Å²) in [5, 5.41) is 5.44. The molecule has 0 bridgehead atoms. The summed E-state index contributed by atoms with van der Waals surface area (Å²) in [5.41, 5.74) is 0.985. The molecule has 0 aliphatic rings. The van der Waals surface area contributed by atoms with Gasteiger partial charge >= 0.3 is 6.09 Å². The zero-order valence-electron chi connectivity index (χ0n) is 12.9. The number of methoxy groups -OCH3 is 1. The SMILES string of the molecule is C=CCOC(=O)NCC(CNC(C)=O)c1ccc(OC)cc1. The average Bonchev–Trinajstić information content (AvgIpc) is 2.53. The van der Waals surface area contributed by atoms with Crippen LogP contribution in [0.1, 0.15) is 18.4 Å². The predicted octanol–water partition coefficient (Wildman–Crippen LogP) is 1.83. The normalized spacial score (nSPS) is 11.2. The van der Waals surface area contributed by atoms with Crippen LogP contribution in [-0.2, 0) is 9.53 Å². The zero-order valence-corrected chi connectivity index (χ0v) is 12.9. The highest BCUT2D eigenvalue weighted by atomic mass is 16.5. The van der Waals surface area contributed by atoms with Gasteiger partial charge in [-0.2, -0.15) is 0 Å². The molecule has 1 rings (SSSR count). The van der Waals surface area contributed by atoms with Crippen molar-refractivity contribution < 1.29 is 19.1 Å². The van der Waals surface area contributed by atoms with E-state index in [1.54, 1.807) is 7.11 Å². The fraction of sp³-hybridized carbons (Fsp3) is 0.375. The second kappa shape index (κ2) is 9.44. The lowest BCUT2D eigenvalue weighted by atomic mass is 9.99. The Balaban J connectivity index is 2.67. The van der Waals surface area contributed by atoms with Crippen LogP contribution in [0.4, 0.5) is 4.79 Å². The number of benzene rings is 1. The van der Waals surface area contributed by atoms with Crippen molar-refractivity contribution in [2.24, 2.45) is 0 Å². The van der Waals surface area contributed by atoms with Crippen LogP contribution in [0.2, 0.25) is 0 Å². The number of hydrogen-bond donors (Lipinski definition) is 2. The van der Waals surface area contributed by atoms with Crippen molar-refractivity contribution in [1.82, 2.24) is 10.6 Å². The number of rotatable bonds is 8. The molecule has 1 unspecified atom stereocenters. The van der Waals surface area contributed by atoms with Crippen LogP contribution in [0.15, 0.2) is 36.9 Å². The van der Waals surface area contributed by atoms with Crippen molar-refractivity contribution in [1.29, 1.82) is 0 Å². The fourth-order valence-corrected chi connectivity index (χ4v) is 1.84. The first-order chi connectivity index (χ1) is 10.6. The minimum atomic E-state index is -0.513. The van der Waals surface area contributed by atoms with Gasteiger partial charge in [0.2, 0.25) is 5.91 Å². The van der Waals surface area contributed by atoms with Gasteiger partial charge in [-0.15, -0.1) is 0 Å². The molecule has 0 radical (unpaired) electrons. The summed E-state index contributed by atoms with van der Waals surface area (Å²) in [6, 6.07) is 7.49. The van der Waals surface area contributed by atoms with Gasteiger partial charge in [-0.25, -0.2) is 4.79 Å². The van der Waals surface area contributed by atoms with Crippen LogP contribution in [-0.4, -0.2) is 38.8 Å². The molecule has 2 N–H and O–H groups in total. The van der Waals surface area contributed by atoms with Crippen molar-refractivity contribution in [3.63, 3.8) is 0 Å². The van der Waals surface area contributed by atoms with Gasteiger partial charge in [0.25, 0.3) is 0 Å². The summed E-state index contributed by atoms with van der Waals surface area (Å²) in [6.45, 7) is 5.86. The van der Waals surface area contributed by atoms with Gasteiger partial charge in [-0.1, -0.05) is 24.8 Å². The summed E-state index contributed by atoms with van der Waals surface area (Å²) in [7, 11) is 1.60. The number of carbonyl (C=O) groups is 2. The molecule has 2 amide bonds. The molecular weight excluding hydrogens is 284 g/mol. The van der Waals surface area contributed by atoms with Crippen LogP contribution >= 0.6 is 0 Å². The van der Waals surface area contributed by atoms with Gasteiger partial charge in [0.1, 0.15) is 12.4 Å². The lowest BCUT2D eigenvalue weighted by Crippen LogP contribution is -2.35. The second-order valence-electron chi connectivity index (χ2n) is 4.68. The molecule has 0 spiro atoms. The van der Waals surface area contributed by atoms with E-state index in [1.807, 2.05) is 24.3 Å². The number of hydrogen-bond acceptors (Lipinski definition) is 4. The molecule has 0 heterocycles. The van der Waals surface area contributed by atoms with Crippen LogP contribution in [0, 0.1) is 0 Å². The van der Waals surface area contributed by atoms with Gasteiger partial charge in [-0.05, 0) is 17.7 Å². The molecule has 0 saturated carbocycles. The van der Waals surface area contributed by atoms with Gasteiger partial charge in [0.15, 0.2) is 0 Å². The Morgan fingerprint density at radius 2 is 1.86 bits per heavy atom. The highest BCUT2D eigenvalue weighted by molar-refractivity contribution is 5.73. The van der Waals surface area contributed by atoms with E-state index in [0.29, 0.717) is 13.1 Å². The molecule has 120 valence electrons. The summed E-state index contributed by atoms with van der Waals surface area (Å²) >= 11 is 0. The number of ether oxygens (including phenoxy) is 2. The first-order valence-electron chi connectivity index (χ1n) is 6.96. The van der Waals surface area contributed by atoms with Crippen molar-refractivity contribution >= 4 is 12.0 Å². The third kappa shape index (κ3) is 6.30. The van der Waals surface area contributed by atoms with E-state index in [2.05, 4.69) is 17.2 Å². The van der Waals surface area contributed by atoms with E-state index < -0.39 is 6.09 Å². The van der Waals surface area contributed by atoms with Crippen LogP contribution in [0.25, 0.3) is 0 Å². The van der Waals surface area contributed by atoms with Gasteiger partial charge in [-0.3, -0.25) is 4.79 Å². The van der Waals surface area contributed by atoms with Crippen molar-refractivity contribution in [2.75, 3.05) is 26.8 Å². The Labute approximate surface area is 130 Å². The van der Waals surface area contributed by atoms with E-state index in [1.165, 1.54) is 13.0 Å². The molecule has 0 aliphatic heterocycles. The summed E-state index contributed by atoms with van der Waals surface area (Å²) in [6.07, 6.45) is 0.985. The largest absolute Gasteiger partial charge is 0.497 e. The monoisotopic (exact) mass is 306 g/mol. The highest BCUT2D eigenvalue weighted by Gasteiger charge is 2.14. The number of alkyl carbamates (subject to hydrolysis) is 1. The minimum absolute atomic E-state index is 0.0638. The maximum atomic E-state index is 11.5. The lowest BCUT2D eigenvalue weighted by Gasteiger charge is -2.18. The Morgan fingerprint density at radius 3 is 2.41 bits per heavy atom. The second-order valence-corrected chi connectivity index (χ2v) is 4.68. The smallest absolute Gasteiger partial charge is 0.407 e. The first-order valence-corrected chi connectivity index (χ1v) is 6.96. The predicted molar refractivity (Wildman–Crippen MR) is 84.0 cm³/mol. The Kier molecular flexibility index (Phi) is 7.53. The molecule has 22 heavy (non-hydrogen) atoms. The molecule has 6 heteroatoms. The minimum Gasteiger partial charge on any atom is -0.497 e. The molecule has 0 aromatic heterocycles. The number of amides is 2. The van der Waals surface area contributed by atoms with Crippen LogP contribution in [0.3, 0.4) is 0 Å². The first kappa shape index (κ1) is 17.6. The summed E-state index contributed by atoms with van der Waals surface area (Å²) in [4.78, 5) is 22.6. The molecule has 6 nitrogen and oxygen atoms in total. The van der Waals surface area contributed by atoms with E-state index in [-0.39, 0.29) is 18.4 Å². The van der Waals surface area contributed by atoms with Crippen molar-refractivity contribution in [3.8, 4) is 5.75 Å². The Hall–Kier alpha value is -2.50. The van der Waals surface area contributed by atoms with E-state index >= 15 is 0 Å². The average molecular weight is 306 g/mol. The van der Waals surface area contributed by atoms with Crippen molar-refractivity contribution in [3.05, 3.63) is 42.5 Å². The van der Waals surface area contributed by atoms with Gasteiger partial charge in [0.05, 0.1) is 7.11 Å². The zero-order chi connectivity index (χ0) is 16.4. The third-order valence-corrected chi connectivity index (χ3v) is 3.01. The van der Waals surface area contributed by atoms with Gasteiger partial charge < -0.3 is 20.1 Å². The Bertz CT molecular complexity index is 499. The van der Waals surface area contributed by atoms with E-state index in [4.69, 9.17) is 9.47 Å². The molecule has 0 fully saturated rings. The summed E-state index contributed by atoms with van der Waals surface area (Å²) < 4.78 is 9.98. The van der Waals surface area contributed by atoms with Crippen LogP contribution in [0.5, 0.6) is 5.75 Å². The van der Waals surface area contributed by atoms with Crippen LogP contribution < -0.4 is 15.4 Å². The number of carbonyl (C=O) groups excluding carboxylic acids is 2.